The molecule has 2 rings (SSSR count). The number of hydrogen-bond donors (Lipinski definition) is 9. The minimum atomic E-state index is -1.79. The maximum atomic E-state index is 13.4. The Morgan fingerprint density at radius 3 is 1.04 bits per heavy atom. The van der Waals surface area contributed by atoms with Crippen LogP contribution in [0.3, 0.4) is 0 Å². The molecular weight excluding hydrogens is 1250 g/mol. The first kappa shape index (κ1) is 92.5. The van der Waals surface area contributed by atoms with Gasteiger partial charge < -0.3 is 65.1 Å². The van der Waals surface area contributed by atoms with Gasteiger partial charge in [-0.05, 0) is 89.9 Å². The van der Waals surface area contributed by atoms with Crippen molar-refractivity contribution in [3.05, 3.63) is 122 Å². The number of carbonyl (C=O) groups excluding carboxylic acids is 1. The molecule has 12 atom stereocenters. The molecule has 1 amide bonds. The highest BCUT2D eigenvalue weighted by atomic mass is 16.7. The Labute approximate surface area is 609 Å². The van der Waals surface area contributed by atoms with Gasteiger partial charge in [0, 0.05) is 6.42 Å². The second-order valence-electron chi connectivity index (χ2n) is 28.2. The molecule has 2 saturated heterocycles. The molecule has 2 fully saturated rings. The molecule has 14 nitrogen and oxygen atoms in total. The molecule has 9 N–H and O–H groups in total. The predicted octanol–water partition coefficient (Wildman–Crippen LogP) is 18.8. The lowest BCUT2D eigenvalue weighted by Crippen LogP contribution is -2.65. The van der Waals surface area contributed by atoms with Crippen LogP contribution in [0.2, 0.25) is 0 Å². The van der Waals surface area contributed by atoms with Crippen LogP contribution in [0.25, 0.3) is 0 Å². The Hall–Kier alpha value is -3.61. The van der Waals surface area contributed by atoms with Crippen LogP contribution in [0, 0.1) is 0 Å². The average molecular weight is 1410 g/mol. The first-order chi connectivity index (χ1) is 49.1. The molecule has 100 heavy (non-hydrogen) atoms. The molecule has 576 valence electrons. The number of rotatable bonds is 67. The van der Waals surface area contributed by atoms with Crippen molar-refractivity contribution < 1.29 is 64.6 Å². The topological polar surface area (TPSA) is 228 Å². The highest BCUT2D eigenvalue weighted by molar-refractivity contribution is 5.76. The van der Waals surface area contributed by atoms with Gasteiger partial charge in [-0.1, -0.05) is 347 Å². The normalized spacial score (nSPS) is 22.5. The zero-order chi connectivity index (χ0) is 72.2. The van der Waals surface area contributed by atoms with Gasteiger partial charge >= 0.3 is 0 Å². The molecule has 2 aliphatic rings. The van der Waals surface area contributed by atoms with Crippen molar-refractivity contribution >= 4 is 5.91 Å². The van der Waals surface area contributed by atoms with Crippen molar-refractivity contribution in [3.63, 3.8) is 0 Å². The summed E-state index contributed by atoms with van der Waals surface area (Å²) in [5.74, 6) is -0.250. The fourth-order valence-corrected chi connectivity index (χ4v) is 12.8. The second kappa shape index (κ2) is 68.5. The van der Waals surface area contributed by atoms with Crippen LogP contribution in [0.15, 0.2) is 122 Å². The first-order valence-corrected chi connectivity index (χ1v) is 40.8. The third kappa shape index (κ3) is 50.7. The lowest BCUT2D eigenvalue weighted by molar-refractivity contribution is -0.359. The smallest absolute Gasteiger partial charge is 0.220 e. The lowest BCUT2D eigenvalue weighted by Gasteiger charge is -2.46. The summed E-state index contributed by atoms with van der Waals surface area (Å²) in [5, 5.41) is 87.9. The number of allylic oxidation sites excluding steroid dienone is 20. The van der Waals surface area contributed by atoms with E-state index in [-0.39, 0.29) is 18.9 Å². The lowest BCUT2D eigenvalue weighted by atomic mass is 9.97. The Morgan fingerprint density at radius 2 is 0.690 bits per heavy atom. The minimum Gasteiger partial charge on any atom is -0.394 e. The quantitative estimate of drug-likeness (QED) is 0.0204. The van der Waals surface area contributed by atoms with Crippen molar-refractivity contribution in [2.24, 2.45) is 0 Å². The van der Waals surface area contributed by atoms with E-state index in [9.17, 15) is 45.6 Å². The van der Waals surface area contributed by atoms with Crippen molar-refractivity contribution in [1.29, 1.82) is 0 Å². The van der Waals surface area contributed by atoms with E-state index in [0.29, 0.717) is 12.8 Å². The van der Waals surface area contributed by atoms with Crippen LogP contribution in [-0.4, -0.2) is 140 Å². The molecule has 12 unspecified atom stereocenters. The van der Waals surface area contributed by atoms with Gasteiger partial charge in [0.1, 0.15) is 48.8 Å². The number of ether oxygens (including phenoxy) is 4. The maximum absolute atomic E-state index is 13.4. The molecule has 0 aromatic rings. The number of unbranched alkanes of at least 4 members (excludes halogenated alkanes) is 34. The van der Waals surface area contributed by atoms with Crippen LogP contribution >= 0.6 is 0 Å². The van der Waals surface area contributed by atoms with E-state index >= 15 is 0 Å². The van der Waals surface area contributed by atoms with Gasteiger partial charge in [-0.2, -0.15) is 0 Å². The molecule has 0 aliphatic carbocycles. The van der Waals surface area contributed by atoms with Crippen molar-refractivity contribution in [2.75, 3.05) is 19.8 Å². The Balaban J connectivity index is 1.64. The van der Waals surface area contributed by atoms with Crippen LogP contribution in [0.1, 0.15) is 322 Å². The largest absolute Gasteiger partial charge is 0.394 e. The average Bonchev–Trinajstić information content (AvgIpc) is 0.791. The number of carbonyl (C=O) groups is 1. The number of aliphatic hydroxyl groups excluding tert-OH is 8. The first-order valence-electron chi connectivity index (χ1n) is 40.8. The van der Waals surface area contributed by atoms with E-state index in [1.165, 1.54) is 186 Å². The summed E-state index contributed by atoms with van der Waals surface area (Å²) in [7, 11) is 0. The van der Waals surface area contributed by atoms with Gasteiger partial charge in [0.05, 0.1) is 32.0 Å². The molecule has 0 bridgehead atoms. The third-order valence-corrected chi connectivity index (χ3v) is 19.2. The van der Waals surface area contributed by atoms with Gasteiger partial charge in [0.15, 0.2) is 12.6 Å². The van der Waals surface area contributed by atoms with E-state index in [2.05, 4.69) is 141 Å². The molecule has 0 radical (unpaired) electrons. The minimum absolute atomic E-state index is 0.242. The Kier molecular flexibility index (Phi) is 63.3. The SMILES string of the molecule is CC/C=C\C/C=C\C/C=C\C/C=C\C/C=C\C/C=C\C/C=C\C/C=C\C/C=C\C/C=C\CCCCC(=O)NC(COC1OC(CO)C(OC2OC(CO)C(O)C(O)C2O)C(O)C1O)C(O)CCCCCCCCCCCCCCCCCCCCCCCCCCCCCCCCCCC. The van der Waals surface area contributed by atoms with E-state index in [1.54, 1.807) is 0 Å². The molecule has 14 heteroatoms. The summed E-state index contributed by atoms with van der Waals surface area (Å²) in [6.07, 6.45) is 83.8. The zero-order valence-corrected chi connectivity index (χ0v) is 63.2. The Bertz CT molecular complexity index is 2150. The van der Waals surface area contributed by atoms with Crippen molar-refractivity contribution in [2.45, 2.75) is 396 Å². The number of amides is 1. The van der Waals surface area contributed by atoms with E-state index < -0.39 is 86.8 Å². The summed E-state index contributed by atoms with van der Waals surface area (Å²) in [4.78, 5) is 13.4. The van der Waals surface area contributed by atoms with Gasteiger partial charge in [0.2, 0.25) is 5.91 Å². The summed E-state index contributed by atoms with van der Waals surface area (Å²) in [6.45, 7) is 2.75. The molecule has 0 spiro atoms. The van der Waals surface area contributed by atoms with Gasteiger partial charge in [0.25, 0.3) is 0 Å². The summed E-state index contributed by atoms with van der Waals surface area (Å²) in [5.41, 5.74) is 0. The molecule has 2 aliphatic heterocycles. The standard InChI is InChI=1S/C86H149NO13/c1-3-5-7-9-11-13-15-17-19-21-23-25-27-29-31-33-35-37-39-41-43-45-47-49-51-53-55-57-59-61-63-65-67-69-75(90)74(73-97-85-83(96)81(94)84(77(72-89)99-85)100-86-82(95)80(93)79(92)76(71-88)98-86)87-78(91)70-68-66-64-62-60-58-56-54-52-50-48-46-44-42-40-38-36-34-32-30-28-26-24-22-20-18-16-14-12-10-8-6-4-2/h6,8,12,14,18,20,24,26,30,32,36,38,42,44,48,50,54,56,60,62,74-77,79-86,88-90,92-96H,3-5,7,9-11,13,15-17,19,21-23,25,27-29,31,33-35,37,39-41,43,45-47,49,51-53,55,57-59,61,63-73H2,1-2H3,(H,87,91)/b8-6-,14-12-,20-18-,26-24-,32-30-,38-36-,44-42-,50-48-,56-54-,62-60-. The summed E-state index contributed by atoms with van der Waals surface area (Å²) in [6, 6.07) is -0.864. The maximum Gasteiger partial charge on any atom is 0.220 e. The van der Waals surface area contributed by atoms with Crippen LogP contribution in [0.5, 0.6) is 0 Å². The monoisotopic (exact) mass is 1400 g/mol. The fourth-order valence-electron chi connectivity index (χ4n) is 12.8. The van der Waals surface area contributed by atoms with Crippen LogP contribution in [-0.2, 0) is 23.7 Å². The fraction of sp³-hybridized carbons (Fsp3) is 0.756. The third-order valence-electron chi connectivity index (χ3n) is 19.2. The molecule has 0 saturated carbocycles. The summed E-state index contributed by atoms with van der Waals surface area (Å²) >= 11 is 0. The number of aliphatic hydroxyl groups is 8. The molecule has 0 aromatic heterocycles. The highest BCUT2D eigenvalue weighted by Gasteiger charge is 2.51. The van der Waals surface area contributed by atoms with Crippen LogP contribution < -0.4 is 5.32 Å². The van der Waals surface area contributed by atoms with Gasteiger partial charge in [-0.25, -0.2) is 0 Å². The van der Waals surface area contributed by atoms with Crippen molar-refractivity contribution in [3.8, 4) is 0 Å². The molecule has 0 aromatic carbocycles. The summed E-state index contributed by atoms with van der Waals surface area (Å²) < 4.78 is 23.0. The van der Waals surface area contributed by atoms with E-state index in [1.807, 2.05) is 0 Å². The van der Waals surface area contributed by atoms with E-state index in [4.69, 9.17) is 18.9 Å². The van der Waals surface area contributed by atoms with Crippen molar-refractivity contribution in [1.82, 2.24) is 5.32 Å². The molecule has 2 heterocycles. The van der Waals surface area contributed by atoms with Crippen LogP contribution in [0.4, 0.5) is 0 Å². The van der Waals surface area contributed by atoms with Gasteiger partial charge in [-0.3, -0.25) is 4.79 Å². The number of nitrogens with one attached hydrogen (secondary N) is 1. The predicted molar refractivity (Wildman–Crippen MR) is 415 cm³/mol. The number of hydrogen-bond acceptors (Lipinski definition) is 13. The Morgan fingerprint density at radius 1 is 0.370 bits per heavy atom. The van der Waals surface area contributed by atoms with Gasteiger partial charge in [-0.15, -0.1) is 0 Å². The second-order valence-corrected chi connectivity index (χ2v) is 28.2. The molecular formula is C86H149NO13. The highest BCUT2D eigenvalue weighted by Crippen LogP contribution is 2.30. The zero-order valence-electron chi connectivity index (χ0n) is 63.2. The van der Waals surface area contributed by atoms with E-state index in [0.717, 1.165) is 103 Å².